The maximum absolute atomic E-state index is 5.95. The highest BCUT2D eigenvalue weighted by Crippen LogP contribution is 2.29. The second-order valence-corrected chi connectivity index (χ2v) is 4.36. The van der Waals surface area contributed by atoms with Gasteiger partial charge in [0.15, 0.2) is 0 Å². The Morgan fingerprint density at radius 1 is 1.36 bits per heavy atom. The molecule has 1 aliphatic carbocycles. The van der Waals surface area contributed by atoms with E-state index in [4.69, 9.17) is 11.6 Å². The molecular formula is C13H15Cl. The Balaban J connectivity index is 2.12. The molecule has 1 heteroatoms. The van der Waals surface area contributed by atoms with Gasteiger partial charge in [0.25, 0.3) is 0 Å². The number of hydrogen-bond acceptors (Lipinski definition) is 0. The fraction of sp³-hybridized carbons (Fsp3) is 0.385. The summed E-state index contributed by atoms with van der Waals surface area (Å²) < 4.78 is 0. The molecule has 0 aliphatic heterocycles. The van der Waals surface area contributed by atoms with Crippen LogP contribution in [0.4, 0.5) is 0 Å². The number of hydrogen-bond donors (Lipinski definition) is 0. The van der Waals surface area contributed by atoms with Crippen molar-refractivity contribution in [3.05, 3.63) is 39.9 Å². The Bertz CT molecular complexity index is 363. The van der Waals surface area contributed by atoms with Gasteiger partial charge in [-0.3, -0.25) is 0 Å². The van der Waals surface area contributed by atoms with Crippen molar-refractivity contribution in [2.75, 3.05) is 0 Å². The molecule has 0 atom stereocenters. The van der Waals surface area contributed by atoms with Crippen molar-refractivity contribution in [3.63, 3.8) is 0 Å². The minimum atomic E-state index is 0.855. The van der Waals surface area contributed by atoms with E-state index in [2.05, 4.69) is 25.1 Å². The van der Waals surface area contributed by atoms with Gasteiger partial charge < -0.3 is 0 Å². The van der Waals surface area contributed by atoms with E-state index in [-0.39, 0.29) is 0 Å². The highest BCUT2D eigenvalue weighted by atomic mass is 35.5. The molecule has 0 amide bonds. The molecule has 1 aromatic carbocycles. The van der Waals surface area contributed by atoms with Gasteiger partial charge in [0.2, 0.25) is 0 Å². The van der Waals surface area contributed by atoms with Crippen molar-refractivity contribution < 1.29 is 0 Å². The SMILES string of the molecule is CCCCC1=Cc2ccc(Cl)cc2C1. The van der Waals surface area contributed by atoms with E-state index in [0.29, 0.717) is 0 Å². The first-order valence-electron chi connectivity index (χ1n) is 5.27. The Labute approximate surface area is 90.6 Å². The lowest BCUT2D eigenvalue weighted by Gasteiger charge is -2.00. The second kappa shape index (κ2) is 4.18. The molecule has 0 heterocycles. The van der Waals surface area contributed by atoms with Crippen LogP contribution in [-0.4, -0.2) is 0 Å². The lowest BCUT2D eigenvalue weighted by Crippen LogP contribution is -1.85. The monoisotopic (exact) mass is 206 g/mol. The number of rotatable bonds is 3. The number of benzene rings is 1. The average Bonchev–Trinajstić information content (AvgIpc) is 2.56. The van der Waals surface area contributed by atoms with Crippen molar-refractivity contribution >= 4 is 17.7 Å². The van der Waals surface area contributed by atoms with Crippen molar-refractivity contribution in [1.29, 1.82) is 0 Å². The lowest BCUT2D eigenvalue weighted by atomic mass is 10.1. The maximum atomic E-state index is 5.95. The molecular weight excluding hydrogens is 192 g/mol. The third-order valence-corrected chi connectivity index (χ3v) is 2.97. The summed E-state index contributed by atoms with van der Waals surface area (Å²) in [5.74, 6) is 0. The summed E-state index contributed by atoms with van der Waals surface area (Å²) in [6, 6.07) is 6.18. The van der Waals surface area contributed by atoms with Crippen molar-refractivity contribution in [2.45, 2.75) is 32.6 Å². The Kier molecular flexibility index (Phi) is 2.93. The fourth-order valence-corrected chi connectivity index (χ4v) is 2.14. The fourth-order valence-electron chi connectivity index (χ4n) is 1.95. The van der Waals surface area contributed by atoms with Gasteiger partial charge in [-0.15, -0.1) is 0 Å². The van der Waals surface area contributed by atoms with E-state index < -0.39 is 0 Å². The van der Waals surface area contributed by atoms with E-state index in [1.807, 2.05) is 6.07 Å². The third-order valence-electron chi connectivity index (χ3n) is 2.73. The van der Waals surface area contributed by atoms with Crippen LogP contribution >= 0.6 is 11.6 Å². The predicted octanol–water partition coefficient (Wildman–Crippen LogP) is 4.47. The van der Waals surface area contributed by atoms with Crippen LogP contribution in [0.1, 0.15) is 37.3 Å². The molecule has 1 aromatic rings. The summed E-state index contributed by atoms with van der Waals surface area (Å²) >= 11 is 5.95. The van der Waals surface area contributed by atoms with E-state index in [9.17, 15) is 0 Å². The van der Waals surface area contributed by atoms with Crippen LogP contribution in [0, 0.1) is 0 Å². The predicted molar refractivity (Wildman–Crippen MR) is 62.7 cm³/mol. The molecule has 0 N–H and O–H groups in total. The largest absolute Gasteiger partial charge is 0.0843 e. The molecule has 0 aromatic heterocycles. The average molecular weight is 207 g/mol. The zero-order valence-electron chi connectivity index (χ0n) is 8.52. The number of fused-ring (bicyclic) bond motifs is 1. The standard InChI is InChI=1S/C13H15Cl/c1-2-3-4-10-7-11-5-6-13(14)9-12(11)8-10/h5-7,9H,2-4,8H2,1H3. The van der Waals surface area contributed by atoms with Crippen molar-refractivity contribution in [2.24, 2.45) is 0 Å². The third kappa shape index (κ3) is 2.01. The van der Waals surface area contributed by atoms with Gasteiger partial charge in [0, 0.05) is 5.02 Å². The summed E-state index contributed by atoms with van der Waals surface area (Å²) in [6.45, 7) is 2.24. The Morgan fingerprint density at radius 3 is 3.00 bits per heavy atom. The minimum Gasteiger partial charge on any atom is -0.0843 e. The molecule has 0 bridgehead atoms. The van der Waals surface area contributed by atoms with Gasteiger partial charge in [-0.2, -0.15) is 0 Å². The van der Waals surface area contributed by atoms with E-state index in [1.165, 1.54) is 30.4 Å². The van der Waals surface area contributed by atoms with Crippen LogP contribution in [0.2, 0.25) is 5.02 Å². The number of halogens is 1. The van der Waals surface area contributed by atoms with Gasteiger partial charge in [-0.1, -0.05) is 42.7 Å². The molecule has 0 saturated carbocycles. The molecule has 0 spiro atoms. The Morgan fingerprint density at radius 2 is 2.21 bits per heavy atom. The topological polar surface area (TPSA) is 0 Å². The van der Waals surface area contributed by atoms with Crippen molar-refractivity contribution in [3.8, 4) is 0 Å². The van der Waals surface area contributed by atoms with Crippen LogP contribution in [0.5, 0.6) is 0 Å². The highest BCUT2D eigenvalue weighted by Gasteiger charge is 2.11. The molecule has 0 radical (unpaired) electrons. The van der Waals surface area contributed by atoms with Gasteiger partial charge in [0.1, 0.15) is 0 Å². The molecule has 2 rings (SSSR count). The minimum absolute atomic E-state index is 0.855. The first-order chi connectivity index (χ1) is 6.79. The van der Waals surface area contributed by atoms with Crippen LogP contribution in [0.25, 0.3) is 6.08 Å². The highest BCUT2D eigenvalue weighted by molar-refractivity contribution is 6.30. The van der Waals surface area contributed by atoms with Gasteiger partial charge in [-0.25, -0.2) is 0 Å². The van der Waals surface area contributed by atoms with Crippen LogP contribution in [-0.2, 0) is 6.42 Å². The summed E-state index contributed by atoms with van der Waals surface area (Å²) in [7, 11) is 0. The molecule has 0 nitrogen and oxygen atoms in total. The molecule has 14 heavy (non-hydrogen) atoms. The second-order valence-electron chi connectivity index (χ2n) is 3.93. The van der Waals surface area contributed by atoms with Crippen LogP contribution in [0.3, 0.4) is 0 Å². The van der Waals surface area contributed by atoms with Crippen molar-refractivity contribution in [1.82, 2.24) is 0 Å². The van der Waals surface area contributed by atoms with Gasteiger partial charge in [0.05, 0.1) is 0 Å². The quantitative estimate of drug-likeness (QED) is 0.685. The first-order valence-corrected chi connectivity index (χ1v) is 5.65. The smallest absolute Gasteiger partial charge is 0.0409 e. The summed E-state index contributed by atoms with van der Waals surface area (Å²) in [5, 5.41) is 0.855. The summed E-state index contributed by atoms with van der Waals surface area (Å²) in [4.78, 5) is 0. The number of unbranched alkanes of at least 4 members (excludes halogenated alkanes) is 1. The summed E-state index contributed by atoms with van der Waals surface area (Å²) in [6.07, 6.45) is 7.24. The lowest BCUT2D eigenvalue weighted by molar-refractivity contribution is 0.779. The molecule has 74 valence electrons. The molecule has 0 saturated heterocycles. The first kappa shape index (κ1) is 9.79. The van der Waals surface area contributed by atoms with Gasteiger partial charge in [-0.05, 0) is 42.5 Å². The van der Waals surface area contributed by atoms with Crippen LogP contribution in [0.15, 0.2) is 23.8 Å². The van der Waals surface area contributed by atoms with Gasteiger partial charge >= 0.3 is 0 Å². The van der Waals surface area contributed by atoms with E-state index >= 15 is 0 Å². The zero-order chi connectivity index (χ0) is 9.97. The maximum Gasteiger partial charge on any atom is 0.0409 e. The molecule has 1 aliphatic rings. The summed E-state index contributed by atoms with van der Waals surface area (Å²) in [5.41, 5.74) is 4.31. The van der Waals surface area contributed by atoms with E-state index in [0.717, 1.165) is 11.4 Å². The zero-order valence-corrected chi connectivity index (χ0v) is 9.27. The Hall–Kier alpha value is -0.750. The normalized spacial score (nSPS) is 14.0. The molecule has 0 unspecified atom stereocenters. The molecule has 0 fully saturated rings. The van der Waals surface area contributed by atoms with Crippen LogP contribution < -0.4 is 0 Å². The van der Waals surface area contributed by atoms with E-state index in [1.54, 1.807) is 5.57 Å². The number of allylic oxidation sites excluding steroid dienone is 1.